The third kappa shape index (κ3) is 1.21. The predicted molar refractivity (Wildman–Crippen MR) is 51.2 cm³/mol. The minimum absolute atomic E-state index is 0.00574. The molecule has 0 aliphatic heterocycles. The highest BCUT2D eigenvalue weighted by atomic mass is 16.4. The first-order valence-corrected chi connectivity index (χ1v) is 4.15. The minimum Gasteiger partial charge on any atom is -0.476 e. The van der Waals surface area contributed by atoms with Crippen molar-refractivity contribution in [1.29, 1.82) is 0 Å². The zero-order valence-corrected chi connectivity index (χ0v) is 7.56. The van der Waals surface area contributed by atoms with Crippen LogP contribution in [0.1, 0.15) is 16.2 Å². The van der Waals surface area contributed by atoms with E-state index in [1.807, 2.05) is 12.1 Å². The molecular formula is C10H8N2O2. The van der Waals surface area contributed by atoms with Crippen LogP contribution in [0.3, 0.4) is 0 Å². The van der Waals surface area contributed by atoms with Crippen molar-refractivity contribution in [2.24, 2.45) is 0 Å². The van der Waals surface area contributed by atoms with E-state index in [-0.39, 0.29) is 5.69 Å². The maximum atomic E-state index is 10.8. The van der Waals surface area contributed by atoms with Crippen LogP contribution < -0.4 is 0 Å². The standard InChI is InChI=1S/C10H8N2O2/c1-6-7-4-2-3-5-8(7)9(10(13)14)12-11-6/h2-5H,1H3,(H,13,14). The molecule has 0 saturated carbocycles. The van der Waals surface area contributed by atoms with Gasteiger partial charge in [-0.15, -0.1) is 5.10 Å². The van der Waals surface area contributed by atoms with Crippen molar-refractivity contribution in [3.63, 3.8) is 0 Å². The first-order valence-electron chi connectivity index (χ1n) is 4.15. The summed E-state index contributed by atoms with van der Waals surface area (Å²) < 4.78 is 0. The number of rotatable bonds is 1. The van der Waals surface area contributed by atoms with Crippen LogP contribution in [0.5, 0.6) is 0 Å². The van der Waals surface area contributed by atoms with Crippen molar-refractivity contribution in [2.45, 2.75) is 6.92 Å². The van der Waals surface area contributed by atoms with Gasteiger partial charge in [0.1, 0.15) is 0 Å². The Balaban J connectivity index is 2.88. The van der Waals surface area contributed by atoms with Gasteiger partial charge in [0.15, 0.2) is 5.69 Å². The van der Waals surface area contributed by atoms with E-state index in [0.717, 1.165) is 11.1 Å². The van der Waals surface area contributed by atoms with Crippen molar-refractivity contribution in [3.05, 3.63) is 35.7 Å². The quantitative estimate of drug-likeness (QED) is 0.738. The van der Waals surface area contributed by atoms with Gasteiger partial charge in [-0.3, -0.25) is 0 Å². The van der Waals surface area contributed by atoms with Crippen LogP contribution in [0.15, 0.2) is 24.3 Å². The Morgan fingerprint density at radius 1 is 1.21 bits per heavy atom. The van der Waals surface area contributed by atoms with Gasteiger partial charge in [-0.05, 0) is 6.92 Å². The fourth-order valence-electron chi connectivity index (χ4n) is 1.40. The molecule has 1 N–H and O–H groups in total. The SMILES string of the molecule is Cc1nnc(C(=O)O)c2ccccc12. The Morgan fingerprint density at radius 3 is 2.50 bits per heavy atom. The lowest BCUT2D eigenvalue weighted by Crippen LogP contribution is -2.04. The Kier molecular flexibility index (Phi) is 1.89. The normalized spacial score (nSPS) is 10.4. The number of nitrogens with zero attached hydrogens (tertiary/aromatic N) is 2. The number of hydrogen-bond acceptors (Lipinski definition) is 3. The van der Waals surface area contributed by atoms with Gasteiger partial charge in [-0.25, -0.2) is 4.79 Å². The molecule has 70 valence electrons. The predicted octanol–water partition coefficient (Wildman–Crippen LogP) is 1.64. The van der Waals surface area contributed by atoms with Gasteiger partial charge in [0.05, 0.1) is 5.69 Å². The molecule has 0 atom stereocenters. The Labute approximate surface area is 80.2 Å². The number of fused-ring (bicyclic) bond motifs is 1. The highest BCUT2D eigenvalue weighted by Crippen LogP contribution is 2.18. The zero-order chi connectivity index (χ0) is 10.1. The largest absolute Gasteiger partial charge is 0.476 e. The number of aromatic carboxylic acids is 1. The molecule has 1 aromatic carbocycles. The molecule has 2 rings (SSSR count). The van der Waals surface area contributed by atoms with Crippen molar-refractivity contribution in [1.82, 2.24) is 10.2 Å². The molecule has 2 aromatic rings. The molecule has 0 amide bonds. The second kappa shape index (κ2) is 3.06. The van der Waals surface area contributed by atoms with Crippen molar-refractivity contribution in [2.75, 3.05) is 0 Å². The lowest BCUT2D eigenvalue weighted by atomic mass is 10.1. The van der Waals surface area contributed by atoms with E-state index in [4.69, 9.17) is 5.11 Å². The van der Waals surface area contributed by atoms with Crippen LogP contribution in [0.2, 0.25) is 0 Å². The van der Waals surface area contributed by atoms with Crippen LogP contribution in [0.4, 0.5) is 0 Å². The van der Waals surface area contributed by atoms with E-state index < -0.39 is 5.97 Å². The maximum Gasteiger partial charge on any atom is 0.357 e. The molecule has 0 fully saturated rings. The molecule has 0 spiro atoms. The smallest absolute Gasteiger partial charge is 0.357 e. The van der Waals surface area contributed by atoms with E-state index in [9.17, 15) is 4.79 Å². The minimum atomic E-state index is -1.05. The molecule has 0 saturated heterocycles. The molecular weight excluding hydrogens is 180 g/mol. The van der Waals surface area contributed by atoms with Gasteiger partial charge in [-0.1, -0.05) is 24.3 Å². The van der Waals surface area contributed by atoms with E-state index in [2.05, 4.69) is 10.2 Å². The molecule has 1 heterocycles. The summed E-state index contributed by atoms with van der Waals surface area (Å²) in [5.41, 5.74) is 0.747. The lowest BCUT2D eigenvalue weighted by molar-refractivity contribution is 0.0691. The summed E-state index contributed by atoms with van der Waals surface area (Å²) in [7, 11) is 0. The third-order valence-electron chi connectivity index (χ3n) is 2.07. The second-order valence-corrected chi connectivity index (χ2v) is 2.98. The number of carbonyl (C=O) groups is 1. The van der Waals surface area contributed by atoms with Crippen molar-refractivity contribution < 1.29 is 9.90 Å². The summed E-state index contributed by atoms with van der Waals surface area (Å²) in [5, 5.41) is 17.8. The number of carboxylic acid groups (broad SMARTS) is 1. The second-order valence-electron chi connectivity index (χ2n) is 2.98. The Hall–Kier alpha value is -1.97. The van der Waals surface area contributed by atoms with Crippen molar-refractivity contribution in [3.8, 4) is 0 Å². The van der Waals surface area contributed by atoms with Crippen LogP contribution >= 0.6 is 0 Å². The molecule has 0 radical (unpaired) electrons. The van der Waals surface area contributed by atoms with Gasteiger partial charge < -0.3 is 5.11 Å². The van der Waals surface area contributed by atoms with Crippen LogP contribution in [-0.2, 0) is 0 Å². The van der Waals surface area contributed by atoms with Gasteiger partial charge in [0.25, 0.3) is 0 Å². The molecule has 14 heavy (non-hydrogen) atoms. The summed E-state index contributed by atoms with van der Waals surface area (Å²) >= 11 is 0. The van der Waals surface area contributed by atoms with Gasteiger partial charge in [0, 0.05) is 10.8 Å². The molecule has 4 heteroatoms. The maximum absolute atomic E-state index is 10.8. The molecule has 0 aliphatic carbocycles. The summed E-state index contributed by atoms with van der Waals surface area (Å²) in [4.78, 5) is 10.8. The first kappa shape index (κ1) is 8.62. The van der Waals surface area contributed by atoms with Gasteiger partial charge >= 0.3 is 5.97 Å². The van der Waals surface area contributed by atoms with Gasteiger partial charge in [-0.2, -0.15) is 5.10 Å². The summed E-state index contributed by atoms with van der Waals surface area (Å²) in [6.07, 6.45) is 0. The van der Waals surface area contributed by atoms with Gasteiger partial charge in [0.2, 0.25) is 0 Å². The summed E-state index contributed by atoms with van der Waals surface area (Å²) in [6, 6.07) is 7.21. The molecule has 1 aromatic heterocycles. The first-order chi connectivity index (χ1) is 6.70. The van der Waals surface area contributed by atoms with Crippen LogP contribution in [-0.4, -0.2) is 21.3 Å². The molecule has 0 unspecified atom stereocenters. The summed E-state index contributed by atoms with van der Waals surface area (Å²) in [5.74, 6) is -1.05. The van der Waals surface area contributed by atoms with E-state index >= 15 is 0 Å². The number of hydrogen-bond donors (Lipinski definition) is 1. The number of benzene rings is 1. The third-order valence-corrected chi connectivity index (χ3v) is 2.07. The zero-order valence-electron chi connectivity index (χ0n) is 7.56. The topological polar surface area (TPSA) is 63.1 Å². The average Bonchev–Trinajstić information content (AvgIpc) is 2.18. The Morgan fingerprint density at radius 2 is 1.86 bits per heavy atom. The molecule has 0 aliphatic rings. The number of aromatic nitrogens is 2. The van der Waals surface area contributed by atoms with E-state index in [1.165, 1.54) is 0 Å². The molecule has 0 bridgehead atoms. The van der Waals surface area contributed by atoms with E-state index in [0.29, 0.717) is 5.39 Å². The van der Waals surface area contributed by atoms with Crippen LogP contribution in [0, 0.1) is 6.92 Å². The Bertz CT molecular complexity index is 508. The fourth-order valence-corrected chi connectivity index (χ4v) is 1.40. The van der Waals surface area contributed by atoms with E-state index in [1.54, 1.807) is 19.1 Å². The highest BCUT2D eigenvalue weighted by Gasteiger charge is 2.11. The fraction of sp³-hybridized carbons (Fsp3) is 0.100. The number of aryl methyl sites for hydroxylation is 1. The summed E-state index contributed by atoms with van der Waals surface area (Å²) in [6.45, 7) is 1.81. The number of carboxylic acids is 1. The van der Waals surface area contributed by atoms with Crippen LogP contribution in [0.25, 0.3) is 10.8 Å². The highest BCUT2D eigenvalue weighted by molar-refractivity contribution is 6.01. The molecule has 4 nitrogen and oxygen atoms in total. The van der Waals surface area contributed by atoms with Crippen molar-refractivity contribution >= 4 is 16.7 Å². The lowest BCUT2D eigenvalue weighted by Gasteiger charge is -2.02. The monoisotopic (exact) mass is 188 g/mol. The average molecular weight is 188 g/mol.